The van der Waals surface area contributed by atoms with E-state index in [2.05, 4.69) is 6.92 Å². The smallest absolute Gasteiger partial charge is 0.103 e. The number of nitrogens with zero attached hydrogens (tertiary/aromatic N) is 1. The van der Waals surface area contributed by atoms with Gasteiger partial charge in [-0.1, -0.05) is 18.2 Å². The molecule has 2 rings (SSSR count). The molecule has 78 valence electrons. The highest BCUT2D eigenvalue weighted by atomic mass is 15.0. The van der Waals surface area contributed by atoms with E-state index in [1.54, 1.807) is 0 Å². The van der Waals surface area contributed by atoms with Crippen molar-refractivity contribution in [3.05, 3.63) is 36.5 Å². The molecule has 4 N–H and O–H groups in total. The molecular formula is C12H15N3. The Hall–Kier alpha value is -1.90. The van der Waals surface area contributed by atoms with Gasteiger partial charge in [0.15, 0.2) is 0 Å². The molecule has 0 bridgehead atoms. The van der Waals surface area contributed by atoms with Crippen LogP contribution in [0.3, 0.4) is 0 Å². The molecule has 0 atom stereocenters. The van der Waals surface area contributed by atoms with E-state index >= 15 is 0 Å². The molecule has 0 saturated carbocycles. The van der Waals surface area contributed by atoms with Gasteiger partial charge in [0.05, 0.1) is 0 Å². The summed E-state index contributed by atoms with van der Waals surface area (Å²) in [4.78, 5) is 0. The average molecular weight is 201 g/mol. The predicted octanol–water partition coefficient (Wildman–Crippen LogP) is 2.34. The van der Waals surface area contributed by atoms with Crippen molar-refractivity contribution in [2.45, 2.75) is 13.5 Å². The van der Waals surface area contributed by atoms with Crippen molar-refractivity contribution in [1.29, 1.82) is 0 Å². The standard InChI is InChI=1S/C12H15N3/c1-2-15-8-9(7-12(15)14)10-5-3-4-6-11(10)13/h3-8H,2,13-14H2,1H3. The highest BCUT2D eigenvalue weighted by molar-refractivity contribution is 5.77. The Morgan fingerprint density at radius 1 is 1.20 bits per heavy atom. The fourth-order valence-corrected chi connectivity index (χ4v) is 1.70. The average Bonchev–Trinajstić information content (AvgIpc) is 2.60. The Morgan fingerprint density at radius 2 is 1.93 bits per heavy atom. The van der Waals surface area contributed by atoms with E-state index in [1.807, 2.05) is 41.1 Å². The lowest BCUT2D eigenvalue weighted by Crippen LogP contribution is -1.97. The van der Waals surface area contributed by atoms with Gasteiger partial charge in [0.2, 0.25) is 0 Å². The van der Waals surface area contributed by atoms with Gasteiger partial charge in [0.1, 0.15) is 5.82 Å². The van der Waals surface area contributed by atoms with Crippen LogP contribution < -0.4 is 11.5 Å². The van der Waals surface area contributed by atoms with E-state index < -0.39 is 0 Å². The van der Waals surface area contributed by atoms with E-state index in [0.29, 0.717) is 0 Å². The van der Waals surface area contributed by atoms with Crippen molar-refractivity contribution in [3.8, 4) is 11.1 Å². The van der Waals surface area contributed by atoms with Crippen LogP contribution in [0, 0.1) is 0 Å². The van der Waals surface area contributed by atoms with E-state index in [-0.39, 0.29) is 0 Å². The largest absolute Gasteiger partial charge is 0.398 e. The summed E-state index contributed by atoms with van der Waals surface area (Å²) in [5.41, 5.74) is 14.7. The number of rotatable bonds is 2. The third kappa shape index (κ3) is 1.68. The third-order valence-corrected chi connectivity index (χ3v) is 2.54. The highest BCUT2D eigenvalue weighted by Gasteiger charge is 2.05. The van der Waals surface area contributed by atoms with Crippen molar-refractivity contribution in [1.82, 2.24) is 4.57 Å². The summed E-state index contributed by atoms with van der Waals surface area (Å²) in [5, 5.41) is 0. The number of nitrogen functional groups attached to an aromatic ring is 2. The van der Waals surface area contributed by atoms with Gasteiger partial charge in [-0.3, -0.25) is 0 Å². The summed E-state index contributed by atoms with van der Waals surface area (Å²) in [6.45, 7) is 2.94. The van der Waals surface area contributed by atoms with Gasteiger partial charge in [0.25, 0.3) is 0 Å². The molecule has 0 aliphatic rings. The summed E-state index contributed by atoms with van der Waals surface area (Å²) >= 11 is 0. The minimum atomic E-state index is 0.774. The van der Waals surface area contributed by atoms with Crippen LogP contribution in [-0.4, -0.2) is 4.57 Å². The van der Waals surface area contributed by atoms with E-state index in [1.165, 1.54) is 0 Å². The van der Waals surface area contributed by atoms with E-state index in [9.17, 15) is 0 Å². The number of aromatic nitrogens is 1. The van der Waals surface area contributed by atoms with E-state index in [4.69, 9.17) is 11.5 Å². The summed E-state index contributed by atoms with van der Waals surface area (Å²) in [6.07, 6.45) is 2.03. The van der Waals surface area contributed by atoms with Crippen molar-refractivity contribution < 1.29 is 0 Å². The van der Waals surface area contributed by atoms with Gasteiger partial charge >= 0.3 is 0 Å². The van der Waals surface area contributed by atoms with Gasteiger partial charge in [-0.25, -0.2) is 0 Å². The van der Waals surface area contributed by atoms with Crippen molar-refractivity contribution in [3.63, 3.8) is 0 Å². The maximum atomic E-state index is 5.90. The molecule has 1 heterocycles. The Kier molecular flexibility index (Phi) is 2.37. The van der Waals surface area contributed by atoms with Crippen molar-refractivity contribution in [2.24, 2.45) is 0 Å². The third-order valence-electron chi connectivity index (χ3n) is 2.54. The summed E-state index contributed by atoms with van der Waals surface area (Å²) < 4.78 is 2.00. The van der Waals surface area contributed by atoms with E-state index in [0.717, 1.165) is 29.2 Å². The van der Waals surface area contributed by atoms with Gasteiger partial charge in [-0.15, -0.1) is 0 Å². The fourth-order valence-electron chi connectivity index (χ4n) is 1.70. The molecule has 2 aromatic rings. The predicted molar refractivity (Wildman–Crippen MR) is 64.4 cm³/mol. The zero-order chi connectivity index (χ0) is 10.8. The van der Waals surface area contributed by atoms with Crippen LogP contribution in [0.15, 0.2) is 36.5 Å². The van der Waals surface area contributed by atoms with Crippen molar-refractivity contribution in [2.75, 3.05) is 11.5 Å². The molecular weight excluding hydrogens is 186 g/mol. The summed E-state index contributed by atoms with van der Waals surface area (Å²) in [7, 11) is 0. The first kappa shape index (κ1) is 9.65. The SMILES string of the molecule is CCn1cc(-c2ccccc2N)cc1N. The van der Waals surface area contributed by atoms with Gasteiger partial charge < -0.3 is 16.0 Å². The molecule has 15 heavy (non-hydrogen) atoms. The first-order valence-corrected chi connectivity index (χ1v) is 5.03. The maximum absolute atomic E-state index is 5.90. The van der Waals surface area contributed by atoms with Gasteiger partial charge in [0, 0.05) is 29.6 Å². The lowest BCUT2D eigenvalue weighted by molar-refractivity contribution is 0.780. The van der Waals surface area contributed by atoms with Crippen LogP contribution in [0.5, 0.6) is 0 Å². The number of benzene rings is 1. The number of hydrogen-bond donors (Lipinski definition) is 2. The first-order valence-electron chi connectivity index (χ1n) is 5.03. The number of anilines is 2. The second kappa shape index (κ2) is 3.69. The molecule has 0 spiro atoms. The van der Waals surface area contributed by atoms with Gasteiger partial charge in [-0.05, 0) is 19.1 Å². The van der Waals surface area contributed by atoms with Crippen LogP contribution in [0.1, 0.15) is 6.92 Å². The zero-order valence-corrected chi connectivity index (χ0v) is 8.77. The van der Waals surface area contributed by atoms with Gasteiger partial charge in [-0.2, -0.15) is 0 Å². The Bertz CT molecular complexity index is 471. The second-order valence-electron chi connectivity index (χ2n) is 3.53. The lowest BCUT2D eigenvalue weighted by atomic mass is 10.1. The van der Waals surface area contributed by atoms with Crippen LogP contribution in [0.2, 0.25) is 0 Å². The molecule has 1 aromatic carbocycles. The molecule has 0 unspecified atom stereocenters. The van der Waals surface area contributed by atoms with Crippen LogP contribution >= 0.6 is 0 Å². The maximum Gasteiger partial charge on any atom is 0.103 e. The normalized spacial score (nSPS) is 10.5. The monoisotopic (exact) mass is 201 g/mol. The first-order chi connectivity index (χ1) is 7.22. The number of nitrogens with two attached hydrogens (primary N) is 2. The summed E-state index contributed by atoms with van der Waals surface area (Å²) in [6, 6.07) is 9.76. The lowest BCUT2D eigenvalue weighted by Gasteiger charge is -2.01. The number of aryl methyl sites for hydroxylation is 1. The molecule has 3 nitrogen and oxygen atoms in total. The summed E-state index contributed by atoms with van der Waals surface area (Å²) in [5.74, 6) is 0.774. The molecule has 0 aliphatic carbocycles. The zero-order valence-electron chi connectivity index (χ0n) is 8.77. The molecule has 0 fully saturated rings. The number of para-hydroxylation sites is 1. The van der Waals surface area contributed by atoms with Crippen LogP contribution in [0.25, 0.3) is 11.1 Å². The molecule has 3 heteroatoms. The molecule has 0 amide bonds. The molecule has 0 aliphatic heterocycles. The highest BCUT2D eigenvalue weighted by Crippen LogP contribution is 2.28. The Labute approximate surface area is 89.3 Å². The minimum Gasteiger partial charge on any atom is -0.398 e. The van der Waals surface area contributed by atoms with Crippen molar-refractivity contribution >= 4 is 11.5 Å². The second-order valence-corrected chi connectivity index (χ2v) is 3.53. The quantitative estimate of drug-likeness (QED) is 0.733. The molecule has 0 saturated heterocycles. The number of hydrogen-bond acceptors (Lipinski definition) is 2. The fraction of sp³-hybridized carbons (Fsp3) is 0.167. The van der Waals surface area contributed by atoms with Crippen LogP contribution in [-0.2, 0) is 6.54 Å². The Balaban J connectivity index is 2.50. The molecule has 0 radical (unpaired) electrons. The molecule has 1 aromatic heterocycles. The Morgan fingerprint density at radius 3 is 2.53 bits per heavy atom. The minimum absolute atomic E-state index is 0.774. The topological polar surface area (TPSA) is 57.0 Å². The van der Waals surface area contributed by atoms with Crippen LogP contribution in [0.4, 0.5) is 11.5 Å².